The molecule has 0 spiro atoms. The van der Waals surface area contributed by atoms with Gasteiger partial charge in [0.15, 0.2) is 0 Å². The predicted octanol–water partition coefficient (Wildman–Crippen LogP) is 2.23. The molecule has 0 bridgehead atoms. The molecule has 0 aliphatic heterocycles. The van der Waals surface area contributed by atoms with Gasteiger partial charge in [-0.15, -0.1) is 11.8 Å². The Bertz CT molecular complexity index is 302. The normalized spacial score (nSPS) is 10.6. The molecular weight excluding hydrogens is 206 g/mol. The van der Waals surface area contributed by atoms with Crippen molar-refractivity contribution < 1.29 is 4.74 Å². The second-order valence-corrected chi connectivity index (χ2v) is 4.64. The number of aryl methyl sites for hydroxylation is 1. The highest BCUT2D eigenvalue weighted by Gasteiger charge is 1.99. The van der Waals surface area contributed by atoms with Crippen LogP contribution in [-0.4, -0.2) is 26.0 Å². The summed E-state index contributed by atoms with van der Waals surface area (Å²) < 4.78 is 5.02. The lowest BCUT2D eigenvalue weighted by molar-refractivity contribution is 0.218. The van der Waals surface area contributed by atoms with Gasteiger partial charge in [0.1, 0.15) is 0 Å². The van der Waals surface area contributed by atoms with E-state index in [0.717, 1.165) is 25.3 Å². The van der Waals surface area contributed by atoms with Crippen LogP contribution in [0.4, 0.5) is 0 Å². The lowest BCUT2D eigenvalue weighted by Gasteiger charge is -2.07. The largest absolute Gasteiger partial charge is 0.384 e. The Morgan fingerprint density at radius 2 is 2.20 bits per heavy atom. The highest BCUT2D eigenvalue weighted by atomic mass is 32.2. The van der Waals surface area contributed by atoms with Gasteiger partial charge in [-0.2, -0.15) is 0 Å². The third kappa shape index (κ3) is 4.24. The van der Waals surface area contributed by atoms with Gasteiger partial charge < -0.3 is 10.5 Å². The minimum absolute atomic E-state index is 0.719. The highest BCUT2D eigenvalue weighted by molar-refractivity contribution is 7.99. The Balaban J connectivity index is 2.56. The third-order valence-electron chi connectivity index (χ3n) is 2.28. The molecule has 0 saturated heterocycles. The number of rotatable bonds is 6. The van der Waals surface area contributed by atoms with E-state index >= 15 is 0 Å². The summed E-state index contributed by atoms with van der Waals surface area (Å²) in [4.78, 5) is 1.31. The van der Waals surface area contributed by atoms with Gasteiger partial charge in [-0.05, 0) is 43.1 Å². The molecule has 0 saturated carbocycles. The van der Waals surface area contributed by atoms with Crippen LogP contribution >= 0.6 is 11.8 Å². The average Bonchev–Trinajstić information content (AvgIpc) is 2.23. The molecule has 0 fully saturated rings. The van der Waals surface area contributed by atoms with Crippen molar-refractivity contribution >= 4 is 11.8 Å². The Morgan fingerprint density at radius 1 is 1.40 bits per heavy atom. The van der Waals surface area contributed by atoms with Crippen LogP contribution in [0.15, 0.2) is 23.1 Å². The van der Waals surface area contributed by atoms with Crippen LogP contribution in [0.25, 0.3) is 0 Å². The molecule has 84 valence electrons. The topological polar surface area (TPSA) is 35.2 Å². The summed E-state index contributed by atoms with van der Waals surface area (Å²) >= 11 is 1.83. The van der Waals surface area contributed by atoms with Gasteiger partial charge in [0.05, 0.1) is 6.61 Å². The molecular formula is C12H19NOS. The zero-order valence-electron chi connectivity index (χ0n) is 9.45. The number of nitrogens with two attached hydrogens (primary N) is 1. The number of hydrogen-bond donors (Lipinski definition) is 1. The van der Waals surface area contributed by atoms with Gasteiger partial charge in [-0.3, -0.25) is 0 Å². The van der Waals surface area contributed by atoms with Crippen molar-refractivity contribution in [2.75, 3.05) is 26.0 Å². The Hall–Kier alpha value is -0.510. The quantitative estimate of drug-likeness (QED) is 0.595. The van der Waals surface area contributed by atoms with Crippen LogP contribution < -0.4 is 5.73 Å². The summed E-state index contributed by atoms with van der Waals surface area (Å²) in [7, 11) is 1.73. The lowest BCUT2D eigenvalue weighted by atomic mass is 10.1. The maximum atomic E-state index is 5.54. The fraction of sp³-hybridized carbons (Fsp3) is 0.500. The molecule has 3 heteroatoms. The predicted molar refractivity (Wildman–Crippen MR) is 66.5 cm³/mol. The van der Waals surface area contributed by atoms with Crippen LogP contribution in [0.1, 0.15) is 11.1 Å². The standard InChI is InChI=1S/C12H19NOS/c1-10-9-12(15-8-7-14-2)4-3-11(10)5-6-13/h3-4,9H,5-8,13H2,1-2H3. The molecule has 1 rings (SSSR count). The van der Waals surface area contributed by atoms with Crippen LogP contribution in [0, 0.1) is 6.92 Å². The van der Waals surface area contributed by atoms with E-state index in [-0.39, 0.29) is 0 Å². The average molecular weight is 225 g/mol. The zero-order valence-corrected chi connectivity index (χ0v) is 10.3. The van der Waals surface area contributed by atoms with E-state index in [0.29, 0.717) is 0 Å². The van der Waals surface area contributed by atoms with Gasteiger partial charge >= 0.3 is 0 Å². The summed E-state index contributed by atoms with van der Waals surface area (Å²) in [6, 6.07) is 6.57. The van der Waals surface area contributed by atoms with E-state index in [1.54, 1.807) is 7.11 Å². The van der Waals surface area contributed by atoms with Crippen molar-refractivity contribution in [2.45, 2.75) is 18.2 Å². The summed E-state index contributed by atoms with van der Waals surface area (Å²) in [6.07, 6.45) is 0.967. The van der Waals surface area contributed by atoms with Gasteiger partial charge in [0, 0.05) is 17.8 Å². The minimum atomic E-state index is 0.719. The monoisotopic (exact) mass is 225 g/mol. The third-order valence-corrected chi connectivity index (χ3v) is 3.24. The first kappa shape index (κ1) is 12.6. The molecule has 2 N–H and O–H groups in total. The summed E-state index contributed by atoms with van der Waals surface area (Å²) in [6.45, 7) is 3.66. The number of thioether (sulfide) groups is 1. The fourth-order valence-electron chi connectivity index (χ4n) is 1.44. The molecule has 0 aromatic heterocycles. The van der Waals surface area contributed by atoms with E-state index < -0.39 is 0 Å². The molecule has 0 aliphatic rings. The van der Waals surface area contributed by atoms with Crippen molar-refractivity contribution in [3.8, 4) is 0 Å². The Labute approximate surface area is 96.2 Å². The van der Waals surface area contributed by atoms with Crippen molar-refractivity contribution in [3.05, 3.63) is 29.3 Å². The number of methoxy groups -OCH3 is 1. The van der Waals surface area contributed by atoms with E-state index in [1.165, 1.54) is 16.0 Å². The lowest BCUT2D eigenvalue weighted by Crippen LogP contribution is -2.04. The van der Waals surface area contributed by atoms with Crippen molar-refractivity contribution in [1.82, 2.24) is 0 Å². The van der Waals surface area contributed by atoms with Crippen molar-refractivity contribution in [2.24, 2.45) is 5.73 Å². The second-order valence-electron chi connectivity index (χ2n) is 3.47. The van der Waals surface area contributed by atoms with E-state index in [2.05, 4.69) is 25.1 Å². The molecule has 0 radical (unpaired) electrons. The van der Waals surface area contributed by atoms with Gasteiger partial charge in [0.25, 0.3) is 0 Å². The SMILES string of the molecule is COCCSc1ccc(CCN)c(C)c1. The van der Waals surface area contributed by atoms with Crippen molar-refractivity contribution in [1.29, 1.82) is 0 Å². The summed E-state index contributed by atoms with van der Waals surface area (Å²) in [5.41, 5.74) is 8.24. The molecule has 0 atom stereocenters. The maximum Gasteiger partial charge on any atom is 0.0556 e. The zero-order chi connectivity index (χ0) is 11.1. The fourth-order valence-corrected chi connectivity index (χ4v) is 2.35. The first-order valence-electron chi connectivity index (χ1n) is 5.19. The van der Waals surface area contributed by atoms with Gasteiger partial charge in [-0.25, -0.2) is 0 Å². The molecule has 0 aliphatic carbocycles. The first-order valence-corrected chi connectivity index (χ1v) is 6.18. The second kappa shape index (κ2) is 6.88. The molecule has 15 heavy (non-hydrogen) atoms. The first-order chi connectivity index (χ1) is 7.27. The molecule has 1 aromatic rings. The number of ether oxygens (including phenoxy) is 1. The van der Waals surface area contributed by atoms with Crippen LogP contribution in [0.2, 0.25) is 0 Å². The maximum absolute atomic E-state index is 5.54. The smallest absolute Gasteiger partial charge is 0.0556 e. The van der Waals surface area contributed by atoms with E-state index in [4.69, 9.17) is 10.5 Å². The molecule has 2 nitrogen and oxygen atoms in total. The molecule has 0 unspecified atom stereocenters. The summed E-state index contributed by atoms with van der Waals surface area (Å²) in [5.74, 6) is 1.01. The minimum Gasteiger partial charge on any atom is -0.384 e. The van der Waals surface area contributed by atoms with Gasteiger partial charge in [-0.1, -0.05) is 6.07 Å². The van der Waals surface area contributed by atoms with Gasteiger partial charge in [0.2, 0.25) is 0 Å². The van der Waals surface area contributed by atoms with E-state index in [1.807, 2.05) is 11.8 Å². The van der Waals surface area contributed by atoms with Crippen LogP contribution in [0.5, 0.6) is 0 Å². The molecule has 0 amide bonds. The Morgan fingerprint density at radius 3 is 2.80 bits per heavy atom. The number of benzene rings is 1. The molecule has 1 aromatic carbocycles. The number of hydrogen-bond acceptors (Lipinski definition) is 3. The summed E-state index contributed by atoms with van der Waals surface area (Å²) in [5, 5.41) is 0. The van der Waals surface area contributed by atoms with Crippen molar-refractivity contribution in [3.63, 3.8) is 0 Å². The van der Waals surface area contributed by atoms with Crippen LogP contribution in [0.3, 0.4) is 0 Å². The highest BCUT2D eigenvalue weighted by Crippen LogP contribution is 2.21. The Kier molecular flexibility index (Phi) is 5.76. The van der Waals surface area contributed by atoms with E-state index in [9.17, 15) is 0 Å². The molecule has 0 heterocycles. The van der Waals surface area contributed by atoms with Crippen LogP contribution in [-0.2, 0) is 11.2 Å².